The Kier molecular flexibility index (Phi) is 9.76. The van der Waals surface area contributed by atoms with Crippen molar-refractivity contribution in [2.45, 2.75) is 66.7 Å². The Morgan fingerprint density at radius 1 is 1.00 bits per heavy atom. The van der Waals surface area contributed by atoms with E-state index < -0.39 is 0 Å². The van der Waals surface area contributed by atoms with Crippen molar-refractivity contribution < 1.29 is 5.11 Å². The second-order valence-electron chi connectivity index (χ2n) is 6.67. The van der Waals surface area contributed by atoms with E-state index in [0.29, 0.717) is 17.9 Å². The predicted molar refractivity (Wildman–Crippen MR) is 80.9 cm³/mol. The molecule has 0 saturated heterocycles. The normalized spacial score (nSPS) is 14.2. The van der Waals surface area contributed by atoms with Crippen molar-refractivity contribution in [1.29, 1.82) is 0 Å². The van der Waals surface area contributed by atoms with E-state index in [1.165, 1.54) is 38.6 Å². The molecule has 0 fully saturated rings. The number of aliphatic hydroxyl groups excluding tert-OH is 1. The van der Waals surface area contributed by atoms with Crippen molar-refractivity contribution in [2.24, 2.45) is 11.3 Å². The van der Waals surface area contributed by atoms with Crippen LogP contribution < -0.4 is 0 Å². The second-order valence-corrected chi connectivity index (χ2v) is 6.67. The molecule has 0 aliphatic carbocycles. The van der Waals surface area contributed by atoms with Gasteiger partial charge in [0.2, 0.25) is 0 Å². The lowest BCUT2D eigenvalue weighted by Gasteiger charge is -2.22. The van der Waals surface area contributed by atoms with Crippen LogP contribution in [-0.4, -0.2) is 36.2 Å². The first-order valence-electron chi connectivity index (χ1n) is 7.76. The molecule has 0 radical (unpaired) electrons. The highest BCUT2D eigenvalue weighted by Gasteiger charge is 2.14. The van der Waals surface area contributed by atoms with E-state index in [0.717, 1.165) is 13.1 Å². The highest BCUT2D eigenvalue weighted by atomic mass is 16.3. The molecule has 0 aromatic heterocycles. The fraction of sp³-hybridized carbons (Fsp3) is 1.00. The molecule has 0 aliphatic heterocycles. The highest BCUT2D eigenvalue weighted by Crippen LogP contribution is 2.25. The van der Waals surface area contributed by atoms with E-state index in [9.17, 15) is 5.11 Å². The Labute approximate surface area is 115 Å². The van der Waals surface area contributed by atoms with Gasteiger partial charge in [0.25, 0.3) is 0 Å². The van der Waals surface area contributed by atoms with Crippen LogP contribution in [0.5, 0.6) is 0 Å². The third-order valence-corrected chi connectivity index (χ3v) is 3.79. The molecular weight excluding hydrogens is 222 g/mol. The number of hydrogen-bond donors (Lipinski definition) is 1. The van der Waals surface area contributed by atoms with Gasteiger partial charge in [-0.25, -0.2) is 0 Å². The largest absolute Gasteiger partial charge is 0.396 e. The van der Waals surface area contributed by atoms with Gasteiger partial charge in [0.05, 0.1) is 0 Å². The summed E-state index contributed by atoms with van der Waals surface area (Å²) in [5.41, 5.74) is 0.397. The van der Waals surface area contributed by atoms with Gasteiger partial charge in [-0.2, -0.15) is 0 Å². The molecule has 0 aromatic carbocycles. The maximum absolute atomic E-state index is 9.41. The summed E-state index contributed by atoms with van der Waals surface area (Å²) in [6, 6.07) is 0. The molecule has 0 heterocycles. The zero-order valence-electron chi connectivity index (χ0n) is 13.3. The summed E-state index contributed by atoms with van der Waals surface area (Å²) >= 11 is 0. The third kappa shape index (κ3) is 9.90. The number of rotatable bonds is 10. The molecule has 1 atom stereocenters. The Morgan fingerprint density at radius 2 is 1.61 bits per heavy atom. The van der Waals surface area contributed by atoms with Crippen LogP contribution in [0.15, 0.2) is 0 Å². The first kappa shape index (κ1) is 17.9. The first-order chi connectivity index (χ1) is 8.42. The molecule has 0 saturated carbocycles. The van der Waals surface area contributed by atoms with E-state index >= 15 is 0 Å². The molecule has 0 aromatic rings. The highest BCUT2D eigenvalue weighted by molar-refractivity contribution is 4.66. The number of hydrogen-bond acceptors (Lipinski definition) is 2. The second kappa shape index (κ2) is 9.80. The van der Waals surface area contributed by atoms with Crippen LogP contribution in [0.25, 0.3) is 0 Å². The average molecular weight is 257 g/mol. The van der Waals surface area contributed by atoms with Gasteiger partial charge in [0, 0.05) is 6.61 Å². The molecule has 0 bridgehead atoms. The summed E-state index contributed by atoms with van der Waals surface area (Å²) in [6.07, 6.45) is 6.10. The molecule has 18 heavy (non-hydrogen) atoms. The van der Waals surface area contributed by atoms with E-state index in [-0.39, 0.29) is 0 Å². The molecule has 0 rings (SSSR count). The molecule has 110 valence electrons. The van der Waals surface area contributed by atoms with Crippen LogP contribution in [0.3, 0.4) is 0 Å². The van der Waals surface area contributed by atoms with Crippen molar-refractivity contribution in [3.05, 3.63) is 0 Å². The van der Waals surface area contributed by atoms with E-state index in [2.05, 4.69) is 39.5 Å². The van der Waals surface area contributed by atoms with E-state index in [1.807, 2.05) is 0 Å². The maximum atomic E-state index is 9.41. The smallest absolute Gasteiger partial charge is 0.0459 e. The van der Waals surface area contributed by atoms with Gasteiger partial charge in [-0.05, 0) is 56.7 Å². The molecule has 2 nitrogen and oxygen atoms in total. The van der Waals surface area contributed by atoms with Crippen molar-refractivity contribution in [3.63, 3.8) is 0 Å². The first-order valence-corrected chi connectivity index (χ1v) is 7.76. The van der Waals surface area contributed by atoms with Gasteiger partial charge in [0.1, 0.15) is 0 Å². The van der Waals surface area contributed by atoms with Gasteiger partial charge in [-0.1, -0.05) is 41.0 Å². The number of nitrogens with zero attached hydrogens (tertiary/aromatic N) is 1. The molecule has 0 amide bonds. The van der Waals surface area contributed by atoms with Crippen molar-refractivity contribution in [2.75, 3.05) is 26.2 Å². The van der Waals surface area contributed by atoms with Crippen molar-refractivity contribution in [1.82, 2.24) is 4.90 Å². The molecule has 2 heteroatoms. The third-order valence-electron chi connectivity index (χ3n) is 3.79. The van der Waals surface area contributed by atoms with E-state index in [1.54, 1.807) is 0 Å². The lowest BCUT2D eigenvalue weighted by Crippen LogP contribution is -2.24. The number of unbranched alkanes of at least 4 members (excludes halogenated alkanes) is 1. The molecular formula is C16H35NO. The van der Waals surface area contributed by atoms with Gasteiger partial charge in [-0.15, -0.1) is 0 Å². The van der Waals surface area contributed by atoms with Crippen molar-refractivity contribution in [3.8, 4) is 0 Å². The quantitative estimate of drug-likeness (QED) is 0.599. The Bertz CT molecular complexity index is 182. The van der Waals surface area contributed by atoms with E-state index in [4.69, 9.17) is 0 Å². The number of aliphatic hydroxyl groups is 1. The van der Waals surface area contributed by atoms with Crippen LogP contribution in [0.4, 0.5) is 0 Å². The monoisotopic (exact) mass is 257 g/mol. The van der Waals surface area contributed by atoms with Gasteiger partial charge < -0.3 is 10.0 Å². The Balaban J connectivity index is 3.67. The molecule has 0 aliphatic rings. The summed E-state index contributed by atoms with van der Waals surface area (Å²) in [5.74, 6) is 0.515. The fourth-order valence-electron chi connectivity index (χ4n) is 2.27. The lowest BCUT2D eigenvalue weighted by atomic mass is 9.85. The standard InChI is InChI=1S/C16H35NO/c1-6-17(7-2)13-9-8-10-15(14-18)11-12-16(3,4)5/h15,18H,6-14H2,1-5H3/t15-/m0/s1. The van der Waals surface area contributed by atoms with Crippen LogP contribution in [0, 0.1) is 11.3 Å². The van der Waals surface area contributed by atoms with Gasteiger partial charge >= 0.3 is 0 Å². The predicted octanol–water partition coefficient (Wildman–Crippen LogP) is 3.93. The van der Waals surface area contributed by atoms with Crippen molar-refractivity contribution >= 4 is 0 Å². The summed E-state index contributed by atoms with van der Waals surface area (Å²) in [4.78, 5) is 2.48. The molecule has 0 unspecified atom stereocenters. The van der Waals surface area contributed by atoms with Gasteiger partial charge in [0.15, 0.2) is 0 Å². The maximum Gasteiger partial charge on any atom is 0.0459 e. The van der Waals surface area contributed by atoms with Crippen LogP contribution in [-0.2, 0) is 0 Å². The fourth-order valence-corrected chi connectivity index (χ4v) is 2.27. The Hall–Kier alpha value is -0.0800. The summed E-state index contributed by atoms with van der Waals surface area (Å²) < 4.78 is 0. The lowest BCUT2D eigenvalue weighted by molar-refractivity contribution is 0.188. The SMILES string of the molecule is CCN(CC)CCCC[C@H](CO)CCC(C)(C)C. The van der Waals surface area contributed by atoms with Crippen LogP contribution in [0.1, 0.15) is 66.7 Å². The van der Waals surface area contributed by atoms with Crippen LogP contribution in [0.2, 0.25) is 0 Å². The zero-order valence-corrected chi connectivity index (χ0v) is 13.3. The van der Waals surface area contributed by atoms with Gasteiger partial charge in [-0.3, -0.25) is 0 Å². The van der Waals surface area contributed by atoms with Crippen LogP contribution >= 0.6 is 0 Å². The zero-order chi connectivity index (χ0) is 14.0. The molecule has 1 N–H and O–H groups in total. The minimum absolute atomic E-state index is 0.362. The summed E-state index contributed by atoms with van der Waals surface area (Å²) in [7, 11) is 0. The Morgan fingerprint density at radius 3 is 2.06 bits per heavy atom. The minimum atomic E-state index is 0.362. The average Bonchev–Trinajstić information content (AvgIpc) is 2.32. The topological polar surface area (TPSA) is 23.5 Å². The summed E-state index contributed by atoms with van der Waals surface area (Å²) in [6.45, 7) is 15.2. The minimum Gasteiger partial charge on any atom is -0.396 e. The summed E-state index contributed by atoms with van der Waals surface area (Å²) in [5, 5.41) is 9.41. The molecule has 0 spiro atoms.